The van der Waals surface area contributed by atoms with E-state index in [0.717, 1.165) is 18.9 Å². The van der Waals surface area contributed by atoms with Crippen LogP contribution in [0.15, 0.2) is 0 Å². The highest BCUT2D eigenvalue weighted by atomic mass is 16.2. The number of rotatable bonds is 4. The van der Waals surface area contributed by atoms with E-state index in [1.807, 2.05) is 13.8 Å². The Balaban J connectivity index is 1.95. The monoisotopic (exact) mass is 238 g/mol. The van der Waals surface area contributed by atoms with Crippen molar-refractivity contribution in [2.45, 2.75) is 58.0 Å². The van der Waals surface area contributed by atoms with Crippen molar-refractivity contribution in [3.63, 3.8) is 0 Å². The lowest BCUT2D eigenvalue weighted by molar-refractivity contribution is -0.149. The predicted molar refractivity (Wildman–Crippen MR) is 65.4 cm³/mol. The topological polar surface area (TPSA) is 49.4 Å². The van der Waals surface area contributed by atoms with Gasteiger partial charge in [-0.1, -0.05) is 26.2 Å². The van der Waals surface area contributed by atoms with Gasteiger partial charge in [0.25, 0.3) is 0 Å². The van der Waals surface area contributed by atoms with Crippen LogP contribution in [-0.4, -0.2) is 35.3 Å². The van der Waals surface area contributed by atoms with Crippen LogP contribution in [-0.2, 0) is 9.59 Å². The molecule has 0 aromatic rings. The zero-order valence-electron chi connectivity index (χ0n) is 10.7. The number of hydrogen-bond donors (Lipinski definition) is 1. The van der Waals surface area contributed by atoms with E-state index in [4.69, 9.17) is 0 Å². The van der Waals surface area contributed by atoms with Crippen LogP contribution in [0.4, 0.5) is 0 Å². The first-order valence-electron chi connectivity index (χ1n) is 6.74. The molecule has 2 fully saturated rings. The summed E-state index contributed by atoms with van der Waals surface area (Å²) in [6.07, 6.45) is 5.64. The summed E-state index contributed by atoms with van der Waals surface area (Å²) in [5, 5.41) is 2.78. The molecular formula is C13H22N2O2. The fourth-order valence-electron chi connectivity index (χ4n) is 2.57. The number of carbonyl (C=O) groups is 2. The van der Waals surface area contributed by atoms with Gasteiger partial charge in [-0.3, -0.25) is 9.59 Å². The summed E-state index contributed by atoms with van der Waals surface area (Å²) in [6, 6.07) is -0.606. The minimum Gasteiger partial charge on any atom is -0.343 e. The zero-order chi connectivity index (χ0) is 12.4. The van der Waals surface area contributed by atoms with Crippen LogP contribution in [0.25, 0.3) is 0 Å². The van der Waals surface area contributed by atoms with Crippen molar-refractivity contribution in [1.82, 2.24) is 10.2 Å². The molecule has 0 bridgehead atoms. The molecule has 2 atom stereocenters. The third-order valence-electron chi connectivity index (χ3n) is 4.16. The molecule has 1 N–H and O–H groups in total. The highest BCUT2D eigenvalue weighted by Gasteiger charge is 2.37. The minimum atomic E-state index is -0.305. The minimum absolute atomic E-state index is 0.00920. The van der Waals surface area contributed by atoms with Gasteiger partial charge in [0.1, 0.15) is 12.1 Å². The third-order valence-corrected chi connectivity index (χ3v) is 4.16. The summed E-state index contributed by atoms with van der Waals surface area (Å²) < 4.78 is 0. The molecule has 0 radical (unpaired) electrons. The Labute approximate surface area is 103 Å². The molecule has 1 saturated carbocycles. The van der Waals surface area contributed by atoms with Crippen molar-refractivity contribution in [3.05, 3.63) is 0 Å². The van der Waals surface area contributed by atoms with Gasteiger partial charge < -0.3 is 10.2 Å². The van der Waals surface area contributed by atoms with E-state index in [9.17, 15) is 9.59 Å². The molecule has 96 valence electrons. The second-order valence-electron chi connectivity index (χ2n) is 5.26. The Morgan fingerprint density at radius 2 is 2.06 bits per heavy atom. The van der Waals surface area contributed by atoms with E-state index in [1.54, 1.807) is 4.90 Å². The predicted octanol–water partition coefficient (Wildman–Crippen LogP) is 1.30. The lowest BCUT2D eigenvalue weighted by Gasteiger charge is -2.38. The van der Waals surface area contributed by atoms with Gasteiger partial charge in [0.05, 0.1) is 0 Å². The van der Waals surface area contributed by atoms with Crippen LogP contribution in [0.5, 0.6) is 0 Å². The summed E-state index contributed by atoms with van der Waals surface area (Å²) in [5.74, 6) is 0.865. The van der Waals surface area contributed by atoms with E-state index in [-0.39, 0.29) is 23.9 Å². The maximum Gasteiger partial charge on any atom is 0.245 e. The van der Waals surface area contributed by atoms with Crippen molar-refractivity contribution in [1.29, 1.82) is 0 Å². The number of carbonyl (C=O) groups excluding carboxylic acids is 2. The standard InChI is InChI=1S/C13H22N2O2/c1-3-11-13(17)15(9(2)12(16)14-11)8-7-10-5-4-6-10/h9-11H,3-8H2,1-2H3,(H,14,16). The lowest BCUT2D eigenvalue weighted by Crippen LogP contribution is -2.62. The SMILES string of the molecule is CCC1NC(=O)C(C)N(CCC2CCC2)C1=O. The molecule has 0 aromatic carbocycles. The Kier molecular flexibility index (Phi) is 3.69. The Morgan fingerprint density at radius 1 is 1.35 bits per heavy atom. The summed E-state index contributed by atoms with van der Waals surface area (Å²) in [4.78, 5) is 25.7. The molecule has 4 nitrogen and oxygen atoms in total. The molecule has 1 aliphatic heterocycles. The molecule has 2 rings (SSSR count). The number of nitrogens with zero attached hydrogens (tertiary/aromatic N) is 1. The smallest absolute Gasteiger partial charge is 0.245 e. The fourth-order valence-corrected chi connectivity index (χ4v) is 2.57. The van der Waals surface area contributed by atoms with E-state index in [0.29, 0.717) is 6.42 Å². The van der Waals surface area contributed by atoms with Gasteiger partial charge in [0, 0.05) is 6.54 Å². The van der Waals surface area contributed by atoms with Gasteiger partial charge in [-0.05, 0) is 25.7 Å². The normalized spacial score (nSPS) is 30.1. The fraction of sp³-hybridized carbons (Fsp3) is 0.846. The molecule has 4 heteroatoms. The molecule has 0 spiro atoms. The van der Waals surface area contributed by atoms with E-state index in [2.05, 4.69) is 5.32 Å². The van der Waals surface area contributed by atoms with Crippen LogP contribution in [0.2, 0.25) is 0 Å². The molecule has 2 unspecified atom stereocenters. The van der Waals surface area contributed by atoms with Crippen LogP contribution in [0.1, 0.15) is 46.0 Å². The highest BCUT2D eigenvalue weighted by molar-refractivity contribution is 5.96. The molecule has 0 aromatic heterocycles. The van der Waals surface area contributed by atoms with Gasteiger partial charge in [-0.2, -0.15) is 0 Å². The highest BCUT2D eigenvalue weighted by Crippen LogP contribution is 2.30. The number of nitrogens with one attached hydrogen (secondary N) is 1. The maximum absolute atomic E-state index is 12.1. The van der Waals surface area contributed by atoms with Crippen LogP contribution in [0, 0.1) is 5.92 Å². The van der Waals surface area contributed by atoms with E-state index < -0.39 is 0 Å². The number of amides is 2. The van der Waals surface area contributed by atoms with Gasteiger partial charge in [-0.25, -0.2) is 0 Å². The summed E-state index contributed by atoms with van der Waals surface area (Å²) in [7, 11) is 0. The van der Waals surface area contributed by atoms with Crippen molar-refractivity contribution < 1.29 is 9.59 Å². The first-order valence-corrected chi connectivity index (χ1v) is 6.74. The van der Waals surface area contributed by atoms with E-state index >= 15 is 0 Å². The van der Waals surface area contributed by atoms with Crippen molar-refractivity contribution >= 4 is 11.8 Å². The second kappa shape index (κ2) is 5.07. The third kappa shape index (κ3) is 2.45. The van der Waals surface area contributed by atoms with Crippen LogP contribution in [0.3, 0.4) is 0 Å². The summed E-state index contributed by atoms with van der Waals surface area (Å²) in [6.45, 7) is 4.50. The van der Waals surface area contributed by atoms with Crippen molar-refractivity contribution in [2.75, 3.05) is 6.54 Å². The van der Waals surface area contributed by atoms with Crippen molar-refractivity contribution in [3.8, 4) is 0 Å². The lowest BCUT2D eigenvalue weighted by atomic mass is 9.83. The quantitative estimate of drug-likeness (QED) is 0.802. The molecule has 2 amide bonds. The van der Waals surface area contributed by atoms with Gasteiger partial charge >= 0.3 is 0 Å². The molecular weight excluding hydrogens is 216 g/mol. The molecule has 1 heterocycles. The number of hydrogen-bond acceptors (Lipinski definition) is 2. The first kappa shape index (κ1) is 12.4. The first-order chi connectivity index (χ1) is 8.13. The van der Waals surface area contributed by atoms with Crippen LogP contribution < -0.4 is 5.32 Å². The average Bonchev–Trinajstić information content (AvgIpc) is 2.25. The van der Waals surface area contributed by atoms with Crippen LogP contribution >= 0.6 is 0 Å². The molecule has 1 aliphatic carbocycles. The van der Waals surface area contributed by atoms with Gasteiger partial charge in [-0.15, -0.1) is 0 Å². The van der Waals surface area contributed by atoms with Gasteiger partial charge in [0.15, 0.2) is 0 Å². The Hall–Kier alpha value is -1.06. The molecule has 1 saturated heterocycles. The largest absolute Gasteiger partial charge is 0.343 e. The molecule has 2 aliphatic rings. The summed E-state index contributed by atoms with van der Waals surface area (Å²) >= 11 is 0. The second-order valence-corrected chi connectivity index (χ2v) is 5.26. The number of piperazine rings is 1. The molecule has 17 heavy (non-hydrogen) atoms. The average molecular weight is 238 g/mol. The zero-order valence-corrected chi connectivity index (χ0v) is 10.7. The van der Waals surface area contributed by atoms with Crippen molar-refractivity contribution in [2.24, 2.45) is 5.92 Å². The maximum atomic E-state index is 12.1. The van der Waals surface area contributed by atoms with E-state index in [1.165, 1.54) is 19.3 Å². The summed E-state index contributed by atoms with van der Waals surface area (Å²) in [5.41, 5.74) is 0. The Morgan fingerprint density at radius 3 is 2.59 bits per heavy atom. The Bertz CT molecular complexity index is 313. The van der Waals surface area contributed by atoms with Gasteiger partial charge in [0.2, 0.25) is 11.8 Å².